The summed E-state index contributed by atoms with van der Waals surface area (Å²) in [7, 11) is 0. The van der Waals surface area contributed by atoms with Crippen LogP contribution < -0.4 is 10.1 Å². The third-order valence-corrected chi connectivity index (χ3v) is 3.37. The number of aromatic amines is 1. The molecule has 0 radical (unpaired) electrons. The van der Waals surface area contributed by atoms with E-state index in [1.807, 2.05) is 19.1 Å². The summed E-state index contributed by atoms with van der Waals surface area (Å²) >= 11 is 3.44. The van der Waals surface area contributed by atoms with Crippen LogP contribution in [0.5, 0.6) is 11.8 Å². The van der Waals surface area contributed by atoms with Crippen molar-refractivity contribution in [3.63, 3.8) is 0 Å². The number of nitrogens with zero attached hydrogens (tertiary/aromatic N) is 2. The molecule has 1 saturated carbocycles. The van der Waals surface area contributed by atoms with Gasteiger partial charge in [0.05, 0.1) is 0 Å². The second-order valence-electron chi connectivity index (χ2n) is 4.76. The van der Waals surface area contributed by atoms with Gasteiger partial charge in [0.25, 0.3) is 0 Å². The fourth-order valence-corrected chi connectivity index (χ4v) is 2.15. The third kappa shape index (κ3) is 3.33. The zero-order chi connectivity index (χ0) is 13.2. The van der Waals surface area contributed by atoms with Crippen LogP contribution >= 0.6 is 15.9 Å². The third-order valence-electron chi connectivity index (χ3n) is 2.93. The molecule has 0 amide bonds. The first-order chi connectivity index (χ1) is 9.20. The van der Waals surface area contributed by atoms with Crippen molar-refractivity contribution in [2.75, 3.05) is 0 Å². The van der Waals surface area contributed by atoms with Crippen molar-refractivity contribution in [1.29, 1.82) is 0 Å². The number of H-pyrrole nitrogens is 1. The van der Waals surface area contributed by atoms with Gasteiger partial charge < -0.3 is 10.1 Å². The van der Waals surface area contributed by atoms with Crippen LogP contribution in [0.15, 0.2) is 22.8 Å². The van der Waals surface area contributed by atoms with Gasteiger partial charge in [0, 0.05) is 40.6 Å². The molecule has 1 aliphatic carbocycles. The van der Waals surface area contributed by atoms with Crippen molar-refractivity contribution in [3.8, 4) is 11.8 Å². The highest BCUT2D eigenvalue weighted by molar-refractivity contribution is 9.10. The molecule has 0 aromatic carbocycles. The van der Waals surface area contributed by atoms with Gasteiger partial charge in [0.1, 0.15) is 0 Å². The molecule has 0 saturated heterocycles. The van der Waals surface area contributed by atoms with E-state index in [9.17, 15) is 0 Å². The number of pyridine rings is 1. The van der Waals surface area contributed by atoms with Crippen molar-refractivity contribution in [3.05, 3.63) is 34.1 Å². The van der Waals surface area contributed by atoms with E-state index in [-0.39, 0.29) is 0 Å². The first kappa shape index (κ1) is 12.6. The largest absolute Gasteiger partial charge is 0.419 e. The van der Waals surface area contributed by atoms with Crippen LogP contribution in [0.25, 0.3) is 0 Å². The molecule has 6 heteroatoms. The minimum atomic E-state index is 0.542. The van der Waals surface area contributed by atoms with Gasteiger partial charge >= 0.3 is 0 Å². The maximum atomic E-state index is 5.72. The molecule has 0 spiro atoms. The summed E-state index contributed by atoms with van der Waals surface area (Å²) < 4.78 is 6.67. The molecule has 1 aliphatic rings. The van der Waals surface area contributed by atoms with E-state index in [0.29, 0.717) is 17.8 Å². The lowest BCUT2D eigenvalue weighted by Crippen LogP contribution is -2.16. The number of ether oxygens (including phenoxy) is 1. The number of nitrogens with one attached hydrogen (secondary N) is 2. The molecule has 3 rings (SSSR count). The summed E-state index contributed by atoms with van der Waals surface area (Å²) in [5.74, 6) is 1.14. The predicted molar refractivity (Wildman–Crippen MR) is 75.2 cm³/mol. The normalized spacial score (nSPS) is 14.6. The van der Waals surface area contributed by atoms with Crippen LogP contribution in [-0.2, 0) is 6.54 Å². The smallest absolute Gasteiger partial charge is 0.240 e. The van der Waals surface area contributed by atoms with E-state index in [2.05, 4.69) is 36.4 Å². The summed E-state index contributed by atoms with van der Waals surface area (Å²) in [5.41, 5.74) is 1.99. The fourth-order valence-electron chi connectivity index (χ4n) is 1.77. The number of aryl methyl sites for hydroxylation is 1. The Morgan fingerprint density at radius 2 is 2.32 bits per heavy atom. The van der Waals surface area contributed by atoms with Gasteiger partial charge in [0.2, 0.25) is 11.8 Å². The number of hydrogen-bond donors (Lipinski definition) is 2. The SMILES string of the molecule is Cc1cc(Oc2ncc(Br)cc2CNC2CC2)n[nH]1. The zero-order valence-corrected chi connectivity index (χ0v) is 12.2. The maximum Gasteiger partial charge on any atom is 0.240 e. The number of hydrogen-bond acceptors (Lipinski definition) is 4. The van der Waals surface area contributed by atoms with Crippen molar-refractivity contribution in [2.24, 2.45) is 0 Å². The molecule has 0 unspecified atom stereocenters. The highest BCUT2D eigenvalue weighted by atomic mass is 79.9. The van der Waals surface area contributed by atoms with Gasteiger partial charge in [-0.25, -0.2) is 4.98 Å². The molecule has 0 bridgehead atoms. The zero-order valence-electron chi connectivity index (χ0n) is 10.6. The Labute approximate surface area is 119 Å². The van der Waals surface area contributed by atoms with Crippen LogP contribution in [0.4, 0.5) is 0 Å². The van der Waals surface area contributed by atoms with Crippen LogP contribution in [0.3, 0.4) is 0 Å². The van der Waals surface area contributed by atoms with Crippen LogP contribution in [0.2, 0.25) is 0 Å². The van der Waals surface area contributed by atoms with Crippen molar-refractivity contribution in [1.82, 2.24) is 20.5 Å². The minimum Gasteiger partial charge on any atom is -0.419 e. The van der Waals surface area contributed by atoms with E-state index < -0.39 is 0 Å². The second-order valence-corrected chi connectivity index (χ2v) is 5.68. The van der Waals surface area contributed by atoms with Crippen molar-refractivity contribution in [2.45, 2.75) is 32.4 Å². The Kier molecular flexibility index (Phi) is 3.52. The first-order valence-corrected chi connectivity index (χ1v) is 7.07. The lowest BCUT2D eigenvalue weighted by Gasteiger charge is -2.09. The second kappa shape index (κ2) is 5.30. The Morgan fingerprint density at radius 3 is 3.00 bits per heavy atom. The van der Waals surface area contributed by atoms with Gasteiger partial charge in [-0.05, 0) is 41.8 Å². The summed E-state index contributed by atoms with van der Waals surface area (Å²) in [6, 6.07) is 4.53. The first-order valence-electron chi connectivity index (χ1n) is 6.28. The molecular weight excluding hydrogens is 308 g/mol. The molecule has 0 atom stereocenters. The highest BCUT2D eigenvalue weighted by Gasteiger charge is 2.21. The van der Waals surface area contributed by atoms with E-state index in [0.717, 1.165) is 22.3 Å². The molecular formula is C13H15BrN4O. The topological polar surface area (TPSA) is 62.8 Å². The quantitative estimate of drug-likeness (QED) is 0.888. The molecule has 19 heavy (non-hydrogen) atoms. The van der Waals surface area contributed by atoms with Gasteiger partial charge in [-0.1, -0.05) is 0 Å². The van der Waals surface area contributed by atoms with Crippen LogP contribution in [-0.4, -0.2) is 21.2 Å². The van der Waals surface area contributed by atoms with Gasteiger partial charge in [-0.3, -0.25) is 5.10 Å². The van der Waals surface area contributed by atoms with Crippen molar-refractivity contribution < 1.29 is 4.74 Å². The summed E-state index contributed by atoms with van der Waals surface area (Å²) in [4.78, 5) is 4.32. The standard InChI is InChI=1S/C13H15BrN4O/c1-8-4-12(18-17-8)19-13-9(5-10(14)7-16-13)6-15-11-2-3-11/h4-5,7,11,15H,2-3,6H2,1H3,(H,17,18). The van der Waals surface area contributed by atoms with Crippen LogP contribution in [0.1, 0.15) is 24.1 Å². The number of aromatic nitrogens is 3. The predicted octanol–water partition coefficient (Wildman–Crippen LogP) is 2.92. The lowest BCUT2D eigenvalue weighted by atomic mass is 10.2. The molecule has 100 valence electrons. The Bertz CT molecular complexity index is 580. The molecule has 2 N–H and O–H groups in total. The Morgan fingerprint density at radius 1 is 1.47 bits per heavy atom. The molecule has 2 aromatic rings. The Hall–Kier alpha value is -1.40. The lowest BCUT2D eigenvalue weighted by molar-refractivity contribution is 0.434. The average molecular weight is 323 g/mol. The molecule has 2 heterocycles. The van der Waals surface area contributed by atoms with Gasteiger partial charge in [-0.2, -0.15) is 0 Å². The van der Waals surface area contributed by atoms with E-state index in [1.54, 1.807) is 6.20 Å². The molecule has 2 aromatic heterocycles. The van der Waals surface area contributed by atoms with E-state index in [1.165, 1.54) is 12.8 Å². The van der Waals surface area contributed by atoms with Crippen molar-refractivity contribution >= 4 is 15.9 Å². The molecule has 5 nitrogen and oxygen atoms in total. The highest BCUT2D eigenvalue weighted by Crippen LogP contribution is 2.26. The molecule has 1 fully saturated rings. The minimum absolute atomic E-state index is 0.542. The Balaban J connectivity index is 1.77. The molecule has 0 aliphatic heterocycles. The number of rotatable bonds is 5. The van der Waals surface area contributed by atoms with Gasteiger partial charge in [-0.15, -0.1) is 5.10 Å². The average Bonchev–Trinajstić information content (AvgIpc) is 3.13. The van der Waals surface area contributed by atoms with E-state index in [4.69, 9.17) is 4.74 Å². The number of halogens is 1. The fraction of sp³-hybridized carbons (Fsp3) is 0.385. The maximum absolute atomic E-state index is 5.72. The summed E-state index contributed by atoms with van der Waals surface area (Å²) in [6.07, 6.45) is 4.25. The monoisotopic (exact) mass is 322 g/mol. The van der Waals surface area contributed by atoms with Crippen LogP contribution in [0, 0.1) is 6.92 Å². The summed E-state index contributed by atoms with van der Waals surface area (Å²) in [5, 5.41) is 10.4. The van der Waals surface area contributed by atoms with E-state index >= 15 is 0 Å². The summed E-state index contributed by atoms with van der Waals surface area (Å²) in [6.45, 7) is 2.69. The van der Waals surface area contributed by atoms with Gasteiger partial charge in [0.15, 0.2) is 0 Å².